The molecule has 0 saturated carbocycles. The van der Waals surface area contributed by atoms with Gasteiger partial charge in [-0.25, -0.2) is 0 Å². The SMILES string of the molecule is C=CCNC(=O)CCNc1ccc(Br)cc1. The van der Waals surface area contributed by atoms with Crippen molar-refractivity contribution in [1.82, 2.24) is 5.32 Å². The Morgan fingerprint density at radius 2 is 2.06 bits per heavy atom. The second-order valence-electron chi connectivity index (χ2n) is 3.28. The third kappa shape index (κ3) is 4.98. The molecule has 2 N–H and O–H groups in total. The van der Waals surface area contributed by atoms with Crippen molar-refractivity contribution in [1.29, 1.82) is 0 Å². The average molecular weight is 283 g/mol. The standard InChI is InChI=1S/C12H15BrN2O/c1-2-8-15-12(16)7-9-14-11-5-3-10(13)4-6-11/h2-6,14H,1,7-9H2,(H,15,16). The first kappa shape index (κ1) is 12.8. The zero-order valence-electron chi connectivity index (χ0n) is 9.00. The largest absolute Gasteiger partial charge is 0.385 e. The van der Waals surface area contributed by atoms with Gasteiger partial charge < -0.3 is 10.6 Å². The van der Waals surface area contributed by atoms with Crippen molar-refractivity contribution < 1.29 is 4.79 Å². The molecule has 0 aliphatic rings. The van der Waals surface area contributed by atoms with Gasteiger partial charge in [0, 0.05) is 29.7 Å². The first-order valence-electron chi connectivity index (χ1n) is 5.09. The highest BCUT2D eigenvalue weighted by Crippen LogP contribution is 2.13. The lowest BCUT2D eigenvalue weighted by atomic mass is 10.3. The zero-order chi connectivity index (χ0) is 11.8. The molecular formula is C12H15BrN2O. The molecule has 0 spiro atoms. The highest BCUT2D eigenvalue weighted by molar-refractivity contribution is 9.10. The predicted molar refractivity (Wildman–Crippen MR) is 70.5 cm³/mol. The fourth-order valence-electron chi connectivity index (χ4n) is 1.16. The van der Waals surface area contributed by atoms with Gasteiger partial charge in [0.15, 0.2) is 0 Å². The molecule has 0 aliphatic heterocycles. The van der Waals surface area contributed by atoms with Crippen LogP contribution in [0.4, 0.5) is 5.69 Å². The van der Waals surface area contributed by atoms with Crippen molar-refractivity contribution in [3.8, 4) is 0 Å². The van der Waals surface area contributed by atoms with Crippen LogP contribution in [0, 0.1) is 0 Å². The van der Waals surface area contributed by atoms with Gasteiger partial charge in [-0.3, -0.25) is 4.79 Å². The van der Waals surface area contributed by atoms with Gasteiger partial charge in [0.2, 0.25) is 5.91 Å². The van der Waals surface area contributed by atoms with Crippen molar-refractivity contribution >= 4 is 27.5 Å². The van der Waals surface area contributed by atoms with Crippen LogP contribution < -0.4 is 10.6 Å². The Balaban J connectivity index is 2.22. The van der Waals surface area contributed by atoms with Crippen molar-refractivity contribution in [3.63, 3.8) is 0 Å². The average Bonchev–Trinajstić information content (AvgIpc) is 2.29. The number of carbonyl (C=O) groups excluding carboxylic acids is 1. The van der Waals surface area contributed by atoms with E-state index in [4.69, 9.17) is 0 Å². The molecule has 1 aromatic carbocycles. The van der Waals surface area contributed by atoms with E-state index in [9.17, 15) is 4.79 Å². The second-order valence-corrected chi connectivity index (χ2v) is 4.19. The summed E-state index contributed by atoms with van der Waals surface area (Å²) in [6.07, 6.45) is 2.13. The molecule has 0 heterocycles. The second kappa shape index (κ2) is 7.06. The maximum Gasteiger partial charge on any atom is 0.222 e. The van der Waals surface area contributed by atoms with E-state index in [1.54, 1.807) is 6.08 Å². The molecule has 16 heavy (non-hydrogen) atoms. The highest BCUT2D eigenvalue weighted by Gasteiger charge is 1.98. The summed E-state index contributed by atoms with van der Waals surface area (Å²) in [5, 5.41) is 5.89. The van der Waals surface area contributed by atoms with Crippen LogP contribution in [0.3, 0.4) is 0 Å². The predicted octanol–water partition coefficient (Wildman–Crippen LogP) is 2.55. The summed E-state index contributed by atoms with van der Waals surface area (Å²) < 4.78 is 1.04. The molecule has 0 bridgehead atoms. The van der Waals surface area contributed by atoms with Gasteiger partial charge in [-0.2, -0.15) is 0 Å². The molecule has 1 amide bonds. The number of nitrogens with one attached hydrogen (secondary N) is 2. The minimum atomic E-state index is 0.0320. The zero-order valence-corrected chi connectivity index (χ0v) is 10.6. The Morgan fingerprint density at radius 1 is 1.38 bits per heavy atom. The summed E-state index contributed by atoms with van der Waals surface area (Å²) in [6, 6.07) is 7.84. The molecule has 0 fully saturated rings. The molecule has 0 aromatic heterocycles. The van der Waals surface area contributed by atoms with Crippen molar-refractivity contribution in [3.05, 3.63) is 41.4 Å². The fraction of sp³-hybridized carbons (Fsp3) is 0.250. The quantitative estimate of drug-likeness (QED) is 0.788. The van der Waals surface area contributed by atoms with E-state index in [1.165, 1.54) is 0 Å². The number of hydrogen-bond acceptors (Lipinski definition) is 2. The fourth-order valence-corrected chi connectivity index (χ4v) is 1.43. The van der Waals surface area contributed by atoms with E-state index in [0.29, 0.717) is 19.5 Å². The monoisotopic (exact) mass is 282 g/mol. The van der Waals surface area contributed by atoms with E-state index in [0.717, 1.165) is 10.2 Å². The maximum atomic E-state index is 11.2. The van der Waals surface area contributed by atoms with Crippen LogP contribution in [-0.4, -0.2) is 19.0 Å². The molecule has 3 nitrogen and oxygen atoms in total. The lowest BCUT2D eigenvalue weighted by molar-refractivity contribution is -0.120. The van der Waals surface area contributed by atoms with E-state index in [-0.39, 0.29) is 5.91 Å². The first-order valence-corrected chi connectivity index (χ1v) is 5.88. The molecule has 1 rings (SSSR count). The Labute approximate surface area is 104 Å². The molecule has 0 atom stereocenters. The molecule has 0 radical (unpaired) electrons. The lowest BCUT2D eigenvalue weighted by Crippen LogP contribution is -2.25. The third-order valence-corrected chi connectivity index (χ3v) is 2.50. The number of halogens is 1. The number of hydrogen-bond donors (Lipinski definition) is 2. The molecule has 0 saturated heterocycles. The van der Waals surface area contributed by atoms with Gasteiger partial charge in [0.05, 0.1) is 0 Å². The van der Waals surface area contributed by atoms with Crippen LogP contribution in [0.25, 0.3) is 0 Å². The van der Waals surface area contributed by atoms with Crippen LogP contribution in [0.5, 0.6) is 0 Å². The number of benzene rings is 1. The summed E-state index contributed by atoms with van der Waals surface area (Å²) in [5.41, 5.74) is 1.01. The van der Waals surface area contributed by atoms with E-state index >= 15 is 0 Å². The molecule has 0 unspecified atom stereocenters. The van der Waals surface area contributed by atoms with Crippen molar-refractivity contribution in [2.24, 2.45) is 0 Å². The summed E-state index contributed by atoms with van der Waals surface area (Å²) in [6.45, 7) is 4.69. The minimum Gasteiger partial charge on any atom is -0.385 e. The summed E-state index contributed by atoms with van der Waals surface area (Å²) in [5.74, 6) is 0.0320. The minimum absolute atomic E-state index is 0.0320. The van der Waals surface area contributed by atoms with Gasteiger partial charge in [-0.05, 0) is 24.3 Å². The van der Waals surface area contributed by atoms with E-state index < -0.39 is 0 Å². The van der Waals surface area contributed by atoms with Gasteiger partial charge in [-0.15, -0.1) is 6.58 Å². The molecule has 86 valence electrons. The van der Waals surface area contributed by atoms with Crippen LogP contribution in [0.2, 0.25) is 0 Å². The smallest absolute Gasteiger partial charge is 0.222 e. The molecule has 0 aliphatic carbocycles. The van der Waals surface area contributed by atoms with Crippen LogP contribution >= 0.6 is 15.9 Å². The van der Waals surface area contributed by atoms with Gasteiger partial charge in [0.25, 0.3) is 0 Å². The first-order chi connectivity index (χ1) is 7.72. The van der Waals surface area contributed by atoms with Gasteiger partial charge >= 0.3 is 0 Å². The maximum absolute atomic E-state index is 11.2. The van der Waals surface area contributed by atoms with Crippen LogP contribution in [-0.2, 0) is 4.79 Å². The number of amides is 1. The van der Waals surface area contributed by atoms with E-state index in [1.807, 2.05) is 24.3 Å². The van der Waals surface area contributed by atoms with Crippen molar-refractivity contribution in [2.75, 3.05) is 18.4 Å². The highest BCUT2D eigenvalue weighted by atomic mass is 79.9. The Morgan fingerprint density at radius 3 is 2.69 bits per heavy atom. The lowest BCUT2D eigenvalue weighted by Gasteiger charge is -2.06. The number of anilines is 1. The third-order valence-electron chi connectivity index (χ3n) is 1.97. The van der Waals surface area contributed by atoms with Crippen LogP contribution in [0.15, 0.2) is 41.4 Å². The summed E-state index contributed by atoms with van der Waals surface area (Å²) in [4.78, 5) is 11.2. The normalized spacial score (nSPS) is 9.56. The number of rotatable bonds is 6. The van der Waals surface area contributed by atoms with E-state index in [2.05, 4.69) is 33.1 Å². The molecular weight excluding hydrogens is 268 g/mol. The molecule has 1 aromatic rings. The van der Waals surface area contributed by atoms with Crippen molar-refractivity contribution in [2.45, 2.75) is 6.42 Å². The number of carbonyl (C=O) groups is 1. The van der Waals surface area contributed by atoms with Crippen LogP contribution in [0.1, 0.15) is 6.42 Å². The summed E-state index contributed by atoms with van der Waals surface area (Å²) >= 11 is 3.36. The summed E-state index contributed by atoms with van der Waals surface area (Å²) in [7, 11) is 0. The topological polar surface area (TPSA) is 41.1 Å². The Kier molecular flexibility index (Phi) is 5.64. The Hall–Kier alpha value is -1.29. The molecule has 4 heteroatoms. The van der Waals surface area contributed by atoms with Gasteiger partial charge in [0.1, 0.15) is 0 Å². The van der Waals surface area contributed by atoms with Gasteiger partial charge in [-0.1, -0.05) is 22.0 Å². The Bertz CT molecular complexity index is 349.